The number of pyridine rings is 1. The maximum Gasteiger partial charge on any atom is 0.140 e. The van der Waals surface area contributed by atoms with Crippen LogP contribution in [-0.4, -0.2) is 11.5 Å². The molecule has 0 bridgehead atoms. The number of rotatable bonds is 4. The van der Waals surface area contributed by atoms with Crippen LogP contribution in [0.15, 0.2) is 30.0 Å². The molecule has 0 fully saturated rings. The Morgan fingerprint density at radius 1 is 1.44 bits per heavy atom. The highest BCUT2D eigenvalue weighted by atomic mass is 14.9. The summed E-state index contributed by atoms with van der Waals surface area (Å²) in [6.45, 7) is 0.944. The molecule has 0 saturated heterocycles. The first-order chi connectivity index (χ1) is 7.88. The standard InChI is InChI=1S/C13H15N3/c14-9-12-5-6-13(10-16-12)15-8-7-11-3-1-2-4-11/h3,5-6,10,15H,1-2,4,7-8H2. The molecule has 0 amide bonds. The van der Waals surface area contributed by atoms with E-state index in [1.165, 1.54) is 19.3 Å². The van der Waals surface area contributed by atoms with Gasteiger partial charge in [-0.15, -0.1) is 0 Å². The minimum absolute atomic E-state index is 0.462. The number of anilines is 1. The molecule has 0 aliphatic heterocycles. The topological polar surface area (TPSA) is 48.7 Å². The SMILES string of the molecule is N#Cc1ccc(NCCC2=CCCC2)cn1. The highest BCUT2D eigenvalue weighted by Crippen LogP contribution is 2.20. The van der Waals surface area contributed by atoms with Crippen molar-refractivity contribution in [3.63, 3.8) is 0 Å². The van der Waals surface area contributed by atoms with E-state index in [1.54, 1.807) is 17.8 Å². The summed E-state index contributed by atoms with van der Waals surface area (Å²) in [6.07, 6.45) is 8.98. The van der Waals surface area contributed by atoms with Gasteiger partial charge in [-0.3, -0.25) is 0 Å². The van der Waals surface area contributed by atoms with E-state index in [0.717, 1.165) is 18.7 Å². The van der Waals surface area contributed by atoms with Crippen LogP contribution in [0.3, 0.4) is 0 Å². The minimum Gasteiger partial charge on any atom is -0.383 e. The van der Waals surface area contributed by atoms with Gasteiger partial charge in [-0.2, -0.15) is 5.26 Å². The summed E-state index contributed by atoms with van der Waals surface area (Å²) in [5.41, 5.74) is 3.01. The average Bonchev–Trinajstić information content (AvgIpc) is 2.83. The lowest BCUT2D eigenvalue weighted by Crippen LogP contribution is -2.02. The Hall–Kier alpha value is -1.82. The normalized spacial score (nSPS) is 14.3. The van der Waals surface area contributed by atoms with Crippen LogP contribution in [0.25, 0.3) is 0 Å². The third kappa shape index (κ3) is 2.83. The Morgan fingerprint density at radius 3 is 3.00 bits per heavy atom. The summed E-state index contributed by atoms with van der Waals surface area (Å²) in [7, 11) is 0. The van der Waals surface area contributed by atoms with E-state index in [-0.39, 0.29) is 0 Å². The van der Waals surface area contributed by atoms with Crippen LogP contribution < -0.4 is 5.32 Å². The molecule has 3 heteroatoms. The van der Waals surface area contributed by atoms with Crippen molar-refractivity contribution in [3.05, 3.63) is 35.7 Å². The molecule has 82 valence electrons. The van der Waals surface area contributed by atoms with Crippen molar-refractivity contribution < 1.29 is 0 Å². The van der Waals surface area contributed by atoms with E-state index < -0.39 is 0 Å². The van der Waals surface area contributed by atoms with Crippen molar-refractivity contribution in [1.82, 2.24) is 4.98 Å². The molecule has 0 saturated carbocycles. The van der Waals surface area contributed by atoms with Gasteiger partial charge in [0.2, 0.25) is 0 Å². The van der Waals surface area contributed by atoms with E-state index in [0.29, 0.717) is 5.69 Å². The molecule has 1 N–H and O–H groups in total. The van der Waals surface area contributed by atoms with Gasteiger partial charge in [0.25, 0.3) is 0 Å². The maximum atomic E-state index is 8.61. The Labute approximate surface area is 95.8 Å². The summed E-state index contributed by atoms with van der Waals surface area (Å²) in [5.74, 6) is 0. The third-order valence-electron chi connectivity index (χ3n) is 2.79. The second-order valence-corrected chi connectivity index (χ2v) is 3.98. The Balaban J connectivity index is 1.78. The van der Waals surface area contributed by atoms with Gasteiger partial charge >= 0.3 is 0 Å². The Kier molecular flexibility index (Phi) is 3.55. The van der Waals surface area contributed by atoms with Gasteiger partial charge < -0.3 is 5.32 Å². The van der Waals surface area contributed by atoms with Crippen LogP contribution in [-0.2, 0) is 0 Å². The number of aromatic nitrogens is 1. The smallest absolute Gasteiger partial charge is 0.140 e. The molecule has 0 unspecified atom stereocenters. The molecular formula is C13H15N3. The van der Waals surface area contributed by atoms with Gasteiger partial charge in [0, 0.05) is 6.54 Å². The van der Waals surface area contributed by atoms with Gasteiger partial charge in [-0.25, -0.2) is 4.98 Å². The minimum atomic E-state index is 0.462. The summed E-state index contributed by atoms with van der Waals surface area (Å²) in [4.78, 5) is 4.01. The van der Waals surface area contributed by atoms with E-state index >= 15 is 0 Å². The van der Waals surface area contributed by atoms with E-state index in [2.05, 4.69) is 16.4 Å². The fourth-order valence-corrected chi connectivity index (χ4v) is 1.90. The predicted octanol–water partition coefficient (Wildman–Crippen LogP) is 2.87. The van der Waals surface area contributed by atoms with Crippen LogP contribution in [0, 0.1) is 11.3 Å². The first-order valence-corrected chi connectivity index (χ1v) is 5.66. The lowest BCUT2D eigenvalue weighted by molar-refractivity contribution is 0.863. The number of hydrogen-bond acceptors (Lipinski definition) is 3. The maximum absolute atomic E-state index is 8.61. The summed E-state index contributed by atoms with van der Waals surface area (Å²) in [5, 5.41) is 11.9. The predicted molar refractivity (Wildman–Crippen MR) is 64.0 cm³/mol. The average molecular weight is 213 g/mol. The molecule has 3 nitrogen and oxygen atoms in total. The largest absolute Gasteiger partial charge is 0.383 e. The molecule has 0 aromatic carbocycles. The van der Waals surface area contributed by atoms with Crippen molar-refractivity contribution in [2.75, 3.05) is 11.9 Å². The lowest BCUT2D eigenvalue weighted by atomic mass is 10.2. The van der Waals surface area contributed by atoms with Crippen LogP contribution in [0.1, 0.15) is 31.4 Å². The lowest BCUT2D eigenvalue weighted by Gasteiger charge is -2.06. The second-order valence-electron chi connectivity index (χ2n) is 3.98. The van der Waals surface area contributed by atoms with Crippen LogP contribution in [0.2, 0.25) is 0 Å². The van der Waals surface area contributed by atoms with Gasteiger partial charge in [-0.1, -0.05) is 11.6 Å². The number of nitriles is 1. The zero-order valence-corrected chi connectivity index (χ0v) is 9.24. The van der Waals surface area contributed by atoms with Crippen molar-refractivity contribution in [2.45, 2.75) is 25.7 Å². The molecule has 1 heterocycles. The third-order valence-corrected chi connectivity index (χ3v) is 2.79. The molecule has 1 aromatic heterocycles. The highest BCUT2D eigenvalue weighted by Gasteiger charge is 2.03. The van der Waals surface area contributed by atoms with Gasteiger partial charge in [-0.05, 0) is 37.8 Å². The number of allylic oxidation sites excluding steroid dienone is 1. The molecule has 0 radical (unpaired) electrons. The molecule has 0 spiro atoms. The van der Waals surface area contributed by atoms with Crippen molar-refractivity contribution >= 4 is 5.69 Å². The fraction of sp³-hybridized carbons (Fsp3) is 0.385. The van der Waals surface area contributed by atoms with Gasteiger partial charge in [0.15, 0.2) is 0 Å². The van der Waals surface area contributed by atoms with Crippen molar-refractivity contribution in [2.24, 2.45) is 0 Å². The van der Waals surface area contributed by atoms with Gasteiger partial charge in [0.05, 0.1) is 11.9 Å². The zero-order valence-electron chi connectivity index (χ0n) is 9.24. The summed E-state index contributed by atoms with van der Waals surface area (Å²) in [6, 6.07) is 5.64. The molecule has 1 aliphatic carbocycles. The molecular weight excluding hydrogens is 198 g/mol. The highest BCUT2D eigenvalue weighted by molar-refractivity contribution is 5.42. The summed E-state index contributed by atoms with van der Waals surface area (Å²) >= 11 is 0. The number of nitrogens with zero attached hydrogens (tertiary/aromatic N) is 2. The van der Waals surface area contributed by atoms with Crippen LogP contribution in [0.5, 0.6) is 0 Å². The second kappa shape index (κ2) is 5.32. The summed E-state index contributed by atoms with van der Waals surface area (Å²) < 4.78 is 0. The van der Waals surface area contributed by atoms with E-state index in [1.807, 2.05) is 12.1 Å². The quantitative estimate of drug-likeness (QED) is 0.782. The molecule has 0 atom stereocenters. The van der Waals surface area contributed by atoms with Crippen molar-refractivity contribution in [3.8, 4) is 6.07 Å². The van der Waals surface area contributed by atoms with Crippen LogP contribution >= 0.6 is 0 Å². The first kappa shape index (κ1) is 10.7. The van der Waals surface area contributed by atoms with Crippen molar-refractivity contribution in [1.29, 1.82) is 5.26 Å². The molecule has 1 aromatic rings. The molecule has 16 heavy (non-hydrogen) atoms. The number of hydrogen-bond donors (Lipinski definition) is 1. The van der Waals surface area contributed by atoms with Crippen LogP contribution in [0.4, 0.5) is 5.69 Å². The molecule has 2 rings (SSSR count). The Morgan fingerprint density at radius 2 is 2.38 bits per heavy atom. The zero-order chi connectivity index (χ0) is 11.2. The molecule has 1 aliphatic rings. The monoisotopic (exact) mass is 213 g/mol. The fourth-order valence-electron chi connectivity index (χ4n) is 1.90. The number of nitrogens with one attached hydrogen (secondary N) is 1. The van der Waals surface area contributed by atoms with E-state index in [4.69, 9.17) is 5.26 Å². The Bertz CT molecular complexity index is 412. The van der Waals surface area contributed by atoms with E-state index in [9.17, 15) is 0 Å². The van der Waals surface area contributed by atoms with Gasteiger partial charge in [0.1, 0.15) is 11.8 Å². The first-order valence-electron chi connectivity index (χ1n) is 5.66.